The van der Waals surface area contributed by atoms with E-state index in [9.17, 15) is 0 Å². The van der Waals surface area contributed by atoms with Crippen molar-refractivity contribution in [1.82, 2.24) is 25.3 Å². The second-order valence-electron chi connectivity index (χ2n) is 7.39. The lowest BCUT2D eigenvalue weighted by atomic mass is 10.1. The van der Waals surface area contributed by atoms with Crippen LogP contribution in [0.25, 0.3) is 22.5 Å². The second-order valence-corrected chi connectivity index (χ2v) is 7.39. The topological polar surface area (TPSA) is 73.0 Å². The van der Waals surface area contributed by atoms with Crippen LogP contribution in [0.3, 0.4) is 0 Å². The summed E-state index contributed by atoms with van der Waals surface area (Å²) in [6.07, 6.45) is 8.06. The maximum absolute atomic E-state index is 4.56. The average Bonchev–Trinajstić information content (AvgIpc) is 3.47. The monoisotopic (exact) mass is 375 g/mol. The molecule has 0 spiro atoms. The van der Waals surface area contributed by atoms with Gasteiger partial charge in [0.25, 0.3) is 0 Å². The highest BCUT2D eigenvalue weighted by molar-refractivity contribution is 5.69. The largest absolute Gasteiger partial charge is 0.356 e. The number of piperazine rings is 1. The Morgan fingerprint density at radius 2 is 1.57 bits per heavy atom. The van der Waals surface area contributed by atoms with Crippen molar-refractivity contribution in [2.75, 3.05) is 49.1 Å². The zero-order valence-electron chi connectivity index (χ0n) is 15.9. The SMILES string of the molecule is c1cc(-c2ccc(N3CCNCC3)[nH]2)cc(-c2cnc(N3CCCC3)nc2)n1. The summed E-state index contributed by atoms with van der Waals surface area (Å²) < 4.78 is 0. The van der Waals surface area contributed by atoms with Gasteiger partial charge in [-0.15, -0.1) is 0 Å². The first kappa shape index (κ1) is 17.2. The molecule has 0 bridgehead atoms. The molecule has 0 saturated carbocycles. The van der Waals surface area contributed by atoms with Crippen molar-refractivity contribution in [2.24, 2.45) is 0 Å². The normalized spacial score (nSPS) is 17.3. The molecule has 5 heterocycles. The van der Waals surface area contributed by atoms with E-state index in [4.69, 9.17) is 0 Å². The van der Waals surface area contributed by atoms with Gasteiger partial charge < -0.3 is 20.1 Å². The molecule has 0 aliphatic carbocycles. The number of pyridine rings is 1. The highest BCUT2D eigenvalue weighted by Crippen LogP contribution is 2.26. The molecule has 3 aromatic rings. The fraction of sp³-hybridized carbons (Fsp3) is 0.381. The minimum Gasteiger partial charge on any atom is -0.356 e. The Balaban J connectivity index is 1.37. The van der Waals surface area contributed by atoms with Gasteiger partial charge in [0.2, 0.25) is 5.95 Å². The smallest absolute Gasteiger partial charge is 0.225 e. The molecule has 7 nitrogen and oxygen atoms in total. The van der Waals surface area contributed by atoms with E-state index in [0.29, 0.717) is 0 Å². The van der Waals surface area contributed by atoms with E-state index in [1.165, 1.54) is 18.7 Å². The summed E-state index contributed by atoms with van der Waals surface area (Å²) in [4.78, 5) is 21.8. The predicted molar refractivity (Wildman–Crippen MR) is 112 cm³/mol. The molecule has 144 valence electrons. The number of H-pyrrole nitrogens is 1. The van der Waals surface area contributed by atoms with Crippen molar-refractivity contribution in [3.63, 3.8) is 0 Å². The van der Waals surface area contributed by atoms with Crippen molar-refractivity contribution in [3.05, 3.63) is 42.9 Å². The van der Waals surface area contributed by atoms with E-state index >= 15 is 0 Å². The number of anilines is 2. The first-order valence-corrected chi connectivity index (χ1v) is 10.1. The third kappa shape index (κ3) is 3.45. The van der Waals surface area contributed by atoms with E-state index in [2.05, 4.69) is 53.3 Å². The number of rotatable bonds is 4. The lowest BCUT2D eigenvalue weighted by molar-refractivity contribution is 0.586. The van der Waals surface area contributed by atoms with Gasteiger partial charge in [0.05, 0.1) is 5.69 Å². The quantitative estimate of drug-likeness (QED) is 0.730. The van der Waals surface area contributed by atoms with E-state index in [1.54, 1.807) is 0 Å². The number of hydrogen-bond donors (Lipinski definition) is 2. The van der Waals surface area contributed by atoms with E-state index in [0.717, 1.165) is 67.7 Å². The minimum absolute atomic E-state index is 0.822. The molecule has 2 N–H and O–H groups in total. The van der Waals surface area contributed by atoms with Crippen LogP contribution in [0.1, 0.15) is 12.8 Å². The van der Waals surface area contributed by atoms with Gasteiger partial charge in [-0.1, -0.05) is 0 Å². The maximum Gasteiger partial charge on any atom is 0.225 e. The van der Waals surface area contributed by atoms with Gasteiger partial charge in [-0.25, -0.2) is 9.97 Å². The van der Waals surface area contributed by atoms with Crippen LogP contribution in [0.5, 0.6) is 0 Å². The highest BCUT2D eigenvalue weighted by Gasteiger charge is 2.15. The van der Waals surface area contributed by atoms with Gasteiger partial charge in [-0.2, -0.15) is 0 Å². The fourth-order valence-corrected chi connectivity index (χ4v) is 3.93. The van der Waals surface area contributed by atoms with Gasteiger partial charge >= 0.3 is 0 Å². The molecule has 0 unspecified atom stereocenters. The molecule has 7 heteroatoms. The zero-order valence-corrected chi connectivity index (χ0v) is 15.9. The highest BCUT2D eigenvalue weighted by atomic mass is 15.3. The van der Waals surface area contributed by atoms with Crippen LogP contribution >= 0.6 is 0 Å². The van der Waals surface area contributed by atoms with Crippen LogP contribution in [0, 0.1) is 0 Å². The molecule has 0 aromatic carbocycles. The zero-order chi connectivity index (χ0) is 18.8. The van der Waals surface area contributed by atoms with Crippen LogP contribution in [0.15, 0.2) is 42.9 Å². The summed E-state index contributed by atoms with van der Waals surface area (Å²) in [5, 5.41) is 3.39. The minimum atomic E-state index is 0.822. The maximum atomic E-state index is 4.56. The summed E-state index contributed by atoms with van der Waals surface area (Å²) in [6.45, 7) is 6.22. The molecule has 2 saturated heterocycles. The third-order valence-electron chi connectivity index (χ3n) is 5.52. The Hall–Kier alpha value is -2.93. The number of nitrogens with zero attached hydrogens (tertiary/aromatic N) is 5. The van der Waals surface area contributed by atoms with Crippen LogP contribution in [-0.2, 0) is 0 Å². The van der Waals surface area contributed by atoms with E-state index in [1.807, 2.05) is 24.7 Å². The molecule has 0 atom stereocenters. The summed E-state index contributed by atoms with van der Waals surface area (Å²) in [5.41, 5.74) is 4.06. The van der Waals surface area contributed by atoms with Crippen molar-refractivity contribution in [3.8, 4) is 22.5 Å². The summed E-state index contributed by atoms with van der Waals surface area (Å²) in [7, 11) is 0. The summed E-state index contributed by atoms with van der Waals surface area (Å²) >= 11 is 0. The first-order valence-electron chi connectivity index (χ1n) is 10.1. The Kier molecular flexibility index (Phi) is 4.66. The average molecular weight is 375 g/mol. The lowest BCUT2D eigenvalue weighted by Gasteiger charge is -2.28. The number of aromatic amines is 1. The molecule has 2 aliphatic rings. The molecule has 2 fully saturated rings. The van der Waals surface area contributed by atoms with Gasteiger partial charge in [-0.05, 0) is 37.1 Å². The summed E-state index contributed by atoms with van der Waals surface area (Å²) in [5.74, 6) is 2.00. The van der Waals surface area contributed by atoms with Crippen molar-refractivity contribution in [1.29, 1.82) is 0 Å². The van der Waals surface area contributed by atoms with Gasteiger partial charge in [-0.3, -0.25) is 4.98 Å². The molecular weight excluding hydrogens is 350 g/mol. The van der Waals surface area contributed by atoms with Crippen molar-refractivity contribution in [2.45, 2.75) is 12.8 Å². The molecule has 0 amide bonds. The number of nitrogens with one attached hydrogen (secondary N) is 2. The summed E-state index contributed by atoms with van der Waals surface area (Å²) in [6, 6.07) is 8.44. The van der Waals surface area contributed by atoms with Crippen LogP contribution in [-0.4, -0.2) is 59.2 Å². The van der Waals surface area contributed by atoms with Gasteiger partial charge in [0.1, 0.15) is 5.82 Å². The van der Waals surface area contributed by atoms with E-state index in [-0.39, 0.29) is 0 Å². The third-order valence-corrected chi connectivity index (χ3v) is 5.52. The molecule has 0 radical (unpaired) electrons. The van der Waals surface area contributed by atoms with Crippen LogP contribution < -0.4 is 15.1 Å². The first-order chi connectivity index (χ1) is 13.9. The number of aromatic nitrogens is 4. The number of hydrogen-bond acceptors (Lipinski definition) is 6. The standard InChI is InChI=1S/C21H25N7/c1-2-10-28(9-1)21-24-14-17(15-25-21)19-13-16(5-6-23-19)18-3-4-20(26-18)27-11-7-22-8-12-27/h3-6,13-15,22,26H,1-2,7-12H2. The molecular formula is C21H25N7. The van der Waals surface area contributed by atoms with Gasteiger partial charge in [0.15, 0.2) is 0 Å². The Morgan fingerprint density at radius 1 is 0.786 bits per heavy atom. The predicted octanol–water partition coefficient (Wildman–Crippen LogP) is 2.54. The Labute approximate surface area is 164 Å². The molecule has 5 rings (SSSR count). The lowest BCUT2D eigenvalue weighted by Crippen LogP contribution is -2.43. The molecule has 28 heavy (non-hydrogen) atoms. The second kappa shape index (κ2) is 7.59. The van der Waals surface area contributed by atoms with Crippen molar-refractivity contribution < 1.29 is 0 Å². The fourth-order valence-electron chi connectivity index (χ4n) is 3.93. The van der Waals surface area contributed by atoms with E-state index < -0.39 is 0 Å². The van der Waals surface area contributed by atoms with Crippen LogP contribution in [0.2, 0.25) is 0 Å². The van der Waals surface area contributed by atoms with Gasteiger partial charge in [0, 0.05) is 74.7 Å². The van der Waals surface area contributed by atoms with Crippen LogP contribution in [0.4, 0.5) is 11.8 Å². The Bertz CT molecular complexity index is 922. The van der Waals surface area contributed by atoms with Crippen molar-refractivity contribution >= 4 is 11.8 Å². The Morgan fingerprint density at radius 3 is 2.36 bits per heavy atom. The molecule has 2 aliphatic heterocycles. The molecule has 3 aromatic heterocycles.